The quantitative estimate of drug-likeness (QED) is 0.583. The van der Waals surface area contributed by atoms with Gasteiger partial charge in [0, 0.05) is 12.7 Å². The Morgan fingerprint density at radius 1 is 1.36 bits per heavy atom. The molecule has 0 aliphatic carbocycles. The number of nitrogens with zero attached hydrogens (tertiary/aromatic N) is 1. The first kappa shape index (κ1) is 6.22. The summed E-state index contributed by atoms with van der Waals surface area (Å²) < 4.78 is 0. The molecular formula is C8H9N3. The van der Waals surface area contributed by atoms with Crippen molar-refractivity contribution in [2.24, 2.45) is 0 Å². The van der Waals surface area contributed by atoms with Gasteiger partial charge in [-0.1, -0.05) is 0 Å². The standard InChI is InChI=1S/C8H9N3/c1-3-10-7-2-5-9-6-8(7)11-4-1/h1-2,4-6,10-11H,3H2. The molecule has 1 aliphatic rings. The Labute approximate surface area is 65.2 Å². The van der Waals surface area contributed by atoms with E-state index in [-0.39, 0.29) is 0 Å². The molecule has 2 N–H and O–H groups in total. The normalized spacial score (nSPS) is 14.2. The maximum Gasteiger partial charge on any atom is 0.0801 e. The van der Waals surface area contributed by atoms with Crippen LogP contribution in [0.4, 0.5) is 11.4 Å². The fourth-order valence-corrected chi connectivity index (χ4v) is 1.04. The molecule has 0 spiro atoms. The molecule has 1 aromatic rings. The number of pyridine rings is 1. The zero-order chi connectivity index (χ0) is 7.52. The largest absolute Gasteiger partial charge is 0.380 e. The number of aromatic nitrogens is 1. The number of hydrogen-bond donors (Lipinski definition) is 2. The van der Waals surface area contributed by atoms with E-state index < -0.39 is 0 Å². The first-order chi connectivity index (χ1) is 5.47. The van der Waals surface area contributed by atoms with Gasteiger partial charge in [-0.05, 0) is 18.3 Å². The van der Waals surface area contributed by atoms with E-state index in [1.165, 1.54) is 0 Å². The molecule has 3 heteroatoms. The van der Waals surface area contributed by atoms with Crippen LogP contribution < -0.4 is 10.6 Å². The van der Waals surface area contributed by atoms with Crippen LogP contribution in [-0.2, 0) is 0 Å². The Balaban J connectivity index is 2.40. The van der Waals surface area contributed by atoms with E-state index in [1.807, 2.05) is 18.3 Å². The number of nitrogens with one attached hydrogen (secondary N) is 2. The summed E-state index contributed by atoms with van der Waals surface area (Å²) in [6.07, 6.45) is 7.53. The smallest absolute Gasteiger partial charge is 0.0801 e. The molecular weight excluding hydrogens is 138 g/mol. The molecule has 3 nitrogen and oxygen atoms in total. The highest BCUT2D eigenvalue weighted by Crippen LogP contribution is 2.20. The van der Waals surface area contributed by atoms with Crippen LogP contribution in [0.1, 0.15) is 0 Å². The molecule has 1 aromatic heterocycles. The Hall–Kier alpha value is -1.51. The van der Waals surface area contributed by atoms with E-state index in [4.69, 9.17) is 0 Å². The average molecular weight is 147 g/mol. The van der Waals surface area contributed by atoms with Crippen molar-refractivity contribution in [3.05, 3.63) is 30.7 Å². The van der Waals surface area contributed by atoms with Crippen LogP contribution in [-0.4, -0.2) is 11.5 Å². The number of rotatable bonds is 0. The first-order valence-corrected chi connectivity index (χ1v) is 3.56. The zero-order valence-corrected chi connectivity index (χ0v) is 6.04. The fraction of sp³-hybridized carbons (Fsp3) is 0.125. The van der Waals surface area contributed by atoms with Gasteiger partial charge in [0.05, 0.1) is 17.6 Å². The van der Waals surface area contributed by atoms with E-state index in [2.05, 4.69) is 15.6 Å². The van der Waals surface area contributed by atoms with Crippen molar-refractivity contribution in [2.45, 2.75) is 0 Å². The van der Waals surface area contributed by atoms with Gasteiger partial charge >= 0.3 is 0 Å². The monoisotopic (exact) mass is 147 g/mol. The Bertz CT molecular complexity index is 280. The Kier molecular flexibility index (Phi) is 1.48. The number of hydrogen-bond acceptors (Lipinski definition) is 3. The van der Waals surface area contributed by atoms with Gasteiger partial charge in [-0.2, -0.15) is 0 Å². The lowest BCUT2D eigenvalue weighted by atomic mass is 10.3. The molecule has 0 aromatic carbocycles. The predicted octanol–water partition coefficient (Wildman–Crippen LogP) is 1.43. The topological polar surface area (TPSA) is 37.0 Å². The first-order valence-electron chi connectivity index (χ1n) is 3.56. The van der Waals surface area contributed by atoms with Gasteiger partial charge in [0.1, 0.15) is 0 Å². The zero-order valence-electron chi connectivity index (χ0n) is 6.04. The van der Waals surface area contributed by atoms with Gasteiger partial charge in [-0.25, -0.2) is 0 Å². The van der Waals surface area contributed by atoms with Gasteiger partial charge in [0.25, 0.3) is 0 Å². The maximum atomic E-state index is 4.00. The van der Waals surface area contributed by atoms with Crippen molar-refractivity contribution in [2.75, 3.05) is 17.2 Å². The van der Waals surface area contributed by atoms with E-state index in [0.29, 0.717) is 0 Å². The summed E-state index contributed by atoms with van der Waals surface area (Å²) in [5.74, 6) is 0. The van der Waals surface area contributed by atoms with Crippen LogP contribution in [0.15, 0.2) is 30.7 Å². The lowest BCUT2D eigenvalue weighted by Gasteiger charge is -2.05. The summed E-state index contributed by atoms with van der Waals surface area (Å²) in [7, 11) is 0. The van der Waals surface area contributed by atoms with Crippen LogP contribution in [0, 0.1) is 0 Å². The fourth-order valence-electron chi connectivity index (χ4n) is 1.04. The summed E-state index contributed by atoms with van der Waals surface area (Å²) in [5, 5.41) is 6.36. The summed E-state index contributed by atoms with van der Waals surface area (Å²) >= 11 is 0. The minimum atomic E-state index is 0.865. The maximum absolute atomic E-state index is 4.00. The van der Waals surface area contributed by atoms with Crippen LogP contribution >= 0.6 is 0 Å². The van der Waals surface area contributed by atoms with Crippen molar-refractivity contribution in [1.82, 2.24) is 4.98 Å². The third kappa shape index (κ3) is 1.17. The molecule has 56 valence electrons. The average Bonchev–Trinajstić information content (AvgIpc) is 2.28. The molecule has 0 saturated heterocycles. The summed E-state index contributed by atoms with van der Waals surface area (Å²) in [6, 6.07) is 1.95. The molecule has 1 aliphatic heterocycles. The number of anilines is 2. The molecule has 0 bridgehead atoms. The molecule has 0 amide bonds. The van der Waals surface area contributed by atoms with Crippen LogP contribution in [0.3, 0.4) is 0 Å². The van der Waals surface area contributed by atoms with Crippen molar-refractivity contribution >= 4 is 11.4 Å². The van der Waals surface area contributed by atoms with E-state index in [0.717, 1.165) is 17.9 Å². The molecule has 0 fully saturated rings. The lowest BCUT2D eigenvalue weighted by molar-refractivity contribution is 1.30. The van der Waals surface area contributed by atoms with Crippen molar-refractivity contribution in [1.29, 1.82) is 0 Å². The third-order valence-corrected chi connectivity index (χ3v) is 1.59. The summed E-state index contributed by atoms with van der Waals surface area (Å²) in [5.41, 5.74) is 2.13. The van der Waals surface area contributed by atoms with E-state index in [1.54, 1.807) is 12.4 Å². The van der Waals surface area contributed by atoms with Crippen molar-refractivity contribution in [3.8, 4) is 0 Å². The minimum Gasteiger partial charge on any atom is -0.380 e. The summed E-state index contributed by atoms with van der Waals surface area (Å²) in [6.45, 7) is 0.865. The lowest BCUT2D eigenvalue weighted by Crippen LogP contribution is -1.97. The van der Waals surface area contributed by atoms with E-state index in [9.17, 15) is 0 Å². The van der Waals surface area contributed by atoms with Crippen LogP contribution in [0.5, 0.6) is 0 Å². The third-order valence-electron chi connectivity index (χ3n) is 1.59. The van der Waals surface area contributed by atoms with Gasteiger partial charge in [-0.3, -0.25) is 4.98 Å². The SMILES string of the molecule is C1=CNc2cnccc2NC1. The van der Waals surface area contributed by atoms with Crippen molar-refractivity contribution in [3.63, 3.8) is 0 Å². The second-order valence-electron chi connectivity index (χ2n) is 2.35. The highest BCUT2D eigenvalue weighted by atomic mass is 15.0. The van der Waals surface area contributed by atoms with Gasteiger partial charge in [0.2, 0.25) is 0 Å². The van der Waals surface area contributed by atoms with Gasteiger partial charge in [-0.15, -0.1) is 0 Å². The highest BCUT2D eigenvalue weighted by Gasteiger charge is 2.00. The van der Waals surface area contributed by atoms with Crippen LogP contribution in [0.25, 0.3) is 0 Å². The number of fused-ring (bicyclic) bond motifs is 1. The Morgan fingerprint density at radius 2 is 2.36 bits per heavy atom. The molecule has 0 unspecified atom stereocenters. The molecule has 0 radical (unpaired) electrons. The minimum absolute atomic E-state index is 0.865. The molecule has 0 saturated carbocycles. The molecule has 11 heavy (non-hydrogen) atoms. The van der Waals surface area contributed by atoms with Gasteiger partial charge < -0.3 is 10.6 Å². The van der Waals surface area contributed by atoms with E-state index >= 15 is 0 Å². The molecule has 2 heterocycles. The summed E-state index contributed by atoms with van der Waals surface area (Å²) in [4.78, 5) is 4.00. The van der Waals surface area contributed by atoms with Crippen molar-refractivity contribution < 1.29 is 0 Å². The second kappa shape index (κ2) is 2.62. The highest BCUT2D eigenvalue weighted by molar-refractivity contribution is 5.69. The molecule has 0 atom stereocenters. The second-order valence-corrected chi connectivity index (χ2v) is 2.35. The predicted molar refractivity (Wildman–Crippen MR) is 45.5 cm³/mol. The van der Waals surface area contributed by atoms with Crippen LogP contribution in [0.2, 0.25) is 0 Å². The Morgan fingerprint density at radius 3 is 3.36 bits per heavy atom. The molecule has 2 rings (SSSR count). The van der Waals surface area contributed by atoms with Gasteiger partial charge in [0.15, 0.2) is 0 Å².